The van der Waals surface area contributed by atoms with Crippen LogP contribution in [0.3, 0.4) is 0 Å². The highest BCUT2D eigenvalue weighted by molar-refractivity contribution is 7.89. The molecule has 0 aromatic heterocycles. The van der Waals surface area contributed by atoms with Crippen LogP contribution >= 0.6 is 11.6 Å². The summed E-state index contributed by atoms with van der Waals surface area (Å²) in [6, 6.07) is 8.58. The lowest BCUT2D eigenvalue weighted by molar-refractivity contribution is 0.0844. The highest BCUT2D eigenvalue weighted by Crippen LogP contribution is 2.15. The first-order valence-corrected chi connectivity index (χ1v) is 8.70. The highest BCUT2D eigenvalue weighted by atomic mass is 35.5. The molecule has 0 radical (unpaired) electrons. The molecule has 2 amide bonds. The minimum atomic E-state index is -3.85. The number of benzene rings is 2. The fourth-order valence-electron chi connectivity index (χ4n) is 1.82. The average Bonchev–Trinajstić information content (AvgIpc) is 2.60. The Morgan fingerprint density at radius 1 is 1.00 bits per heavy atom. The van der Waals surface area contributed by atoms with E-state index in [2.05, 4.69) is 10.1 Å². The zero-order valence-corrected chi connectivity index (χ0v) is 14.4. The molecule has 132 valence electrons. The van der Waals surface area contributed by atoms with Crippen molar-refractivity contribution in [1.82, 2.24) is 15.6 Å². The second-order valence-electron chi connectivity index (χ2n) is 4.76. The molecule has 3 N–H and O–H groups in total. The van der Waals surface area contributed by atoms with Crippen molar-refractivity contribution < 1.29 is 22.4 Å². The van der Waals surface area contributed by atoms with E-state index in [-0.39, 0.29) is 10.5 Å². The van der Waals surface area contributed by atoms with E-state index in [1.54, 1.807) is 0 Å². The molecular formula is C15H13ClFN3O4S. The van der Waals surface area contributed by atoms with Crippen LogP contribution in [0.2, 0.25) is 5.02 Å². The van der Waals surface area contributed by atoms with Gasteiger partial charge in [0, 0.05) is 10.6 Å². The first-order chi connectivity index (χ1) is 11.7. The number of hydrogen-bond acceptors (Lipinski definition) is 4. The first kappa shape index (κ1) is 18.8. The predicted molar refractivity (Wildman–Crippen MR) is 89.0 cm³/mol. The molecule has 0 aliphatic rings. The largest absolute Gasteiger partial charge is 0.272 e. The molecule has 0 aliphatic carbocycles. The fraction of sp³-hybridized carbons (Fsp3) is 0.0667. The minimum absolute atomic E-state index is 0.219. The molecule has 2 aromatic rings. The van der Waals surface area contributed by atoms with Crippen LogP contribution in [0.15, 0.2) is 47.4 Å². The number of carbonyl (C=O) groups is 2. The van der Waals surface area contributed by atoms with Gasteiger partial charge in [0.25, 0.3) is 11.8 Å². The van der Waals surface area contributed by atoms with Gasteiger partial charge in [-0.1, -0.05) is 11.6 Å². The summed E-state index contributed by atoms with van der Waals surface area (Å²) in [5, 5.41) is 0.435. The van der Waals surface area contributed by atoms with Crippen molar-refractivity contribution in [3.8, 4) is 0 Å². The molecule has 0 heterocycles. The number of sulfonamides is 1. The van der Waals surface area contributed by atoms with Crippen molar-refractivity contribution in [2.24, 2.45) is 0 Å². The lowest BCUT2D eigenvalue weighted by Gasteiger charge is -2.09. The van der Waals surface area contributed by atoms with Crippen LogP contribution in [0, 0.1) is 5.82 Å². The lowest BCUT2D eigenvalue weighted by Crippen LogP contribution is -2.42. The van der Waals surface area contributed by atoms with Crippen LogP contribution in [0.1, 0.15) is 20.7 Å². The normalized spacial score (nSPS) is 11.0. The molecule has 7 nitrogen and oxygen atoms in total. The van der Waals surface area contributed by atoms with Gasteiger partial charge in [-0.05, 0) is 49.5 Å². The number of hydrazine groups is 1. The lowest BCUT2D eigenvalue weighted by atomic mass is 10.2. The summed E-state index contributed by atoms with van der Waals surface area (Å²) >= 11 is 5.71. The monoisotopic (exact) mass is 385 g/mol. The van der Waals surface area contributed by atoms with Crippen molar-refractivity contribution in [3.05, 3.63) is 64.4 Å². The molecule has 0 fully saturated rings. The minimum Gasteiger partial charge on any atom is -0.267 e. The molecular weight excluding hydrogens is 373 g/mol. The van der Waals surface area contributed by atoms with E-state index in [4.69, 9.17) is 11.6 Å². The Morgan fingerprint density at radius 3 is 2.20 bits per heavy atom. The molecule has 0 atom stereocenters. The summed E-state index contributed by atoms with van der Waals surface area (Å²) in [5.41, 5.74) is 3.81. The van der Waals surface area contributed by atoms with Gasteiger partial charge in [-0.15, -0.1) is 0 Å². The van der Waals surface area contributed by atoms with E-state index in [1.807, 2.05) is 5.43 Å². The zero-order chi connectivity index (χ0) is 18.6. The molecule has 0 saturated carbocycles. The summed E-state index contributed by atoms with van der Waals surface area (Å²) in [5.74, 6) is -2.59. The zero-order valence-electron chi connectivity index (χ0n) is 12.8. The van der Waals surface area contributed by atoms with Gasteiger partial charge in [-0.3, -0.25) is 20.4 Å². The highest BCUT2D eigenvalue weighted by Gasteiger charge is 2.18. The quantitative estimate of drug-likeness (QED) is 0.693. The molecule has 2 rings (SSSR count). The van der Waals surface area contributed by atoms with Gasteiger partial charge in [-0.2, -0.15) is 0 Å². The second-order valence-corrected chi connectivity index (χ2v) is 7.09. The Bertz CT molecular complexity index is 917. The molecule has 0 spiro atoms. The summed E-state index contributed by atoms with van der Waals surface area (Å²) in [7, 11) is -2.66. The van der Waals surface area contributed by atoms with E-state index >= 15 is 0 Å². The Kier molecular flexibility index (Phi) is 5.73. The van der Waals surface area contributed by atoms with Crippen molar-refractivity contribution >= 4 is 33.4 Å². The Morgan fingerprint density at radius 2 is 1.60 bits per heavy atom. The second kappa shape index (κ2) is 7.60. The van der Waals surface area contributed by atoms with Gasteiger partial charge in [-0.25, -0.2) is 17.5 Å². The van der Waals surface area contributed by atoms with E-state index in [1.165, 1.54) is 31.3 Å². The maximum Gasteiger partial charge on any atom is 0.272 e. The number of rotatable bonds is 4. The average molecular weight is 386 g/mol. The Balaban J connectivity index is 2.14. The molecule has 10 heteroatoms. The van der Waals surface area contributed by atoms with E-state index < -0.39 is 33.2 Å². The number of hydrogen-bond donors (Lipinski definition) is 3. The van der Waals surface area contributed by atoms with Crippen LogP contribution in [-0.2, 0) is 10.0 Å². The smallest absolute Gasteiger partial charge is 0.267 e. The summed E-state index contributed by atoms with van der Waals surface area (Å²) < 4.78 is 39.3. The van der Waals surface area contributed by atoms with Crippen molar-refractivity contribution in [1.29, 1.82) is 0 Å². The van der Waals surface area contributed by atoms with E-state index in [0.29, 0.717) is 5.02 Å². The predicted octanol–water partition coefficient (Wildman–Crippen LogP) is 1.46. The topological polar surface area (TPSA) is 104 Å². The van der Waals surface area contributed by atoms with Crippen molar-refractivity contribution in [2.45, 2.75) is 4.90 Å². The SMILES string of the molecule is CNS(=O)(=O)c1ccc(F)c(C(=O)NNC(=O)c2ccc(Cl)cc2)c1. The molecule has 0 unspecified atom stereocenters. The van der Waals surface area contributed by atoms with Gasteiger partial charge in [0.1, 0.15) is 5.82 Å². The molecule has 0 bridgehead atoms. The first-order valence-electron chi connectivity index (χ1n) is 6.84. The number of nitrogens with one attached hydrogen (secondary N) is 3. The van der Waals surface area contributed by atoms with Gasteiger partial charge >= 0.3 is 0 Å². The standard InChI is InChI=1S/C15H13ClFN3O4S/c1-18-25(23,24)11-6-7-13(17)12(8-11)15(22)20-19-14(21)9-2-4-10(16)5-3-9/h2-8,18H,1H3,(H,19,21)(H,20,22). The van der Waals surface area contributed by atoms with Crippen LogP contribution in [0.5, 0.6) is 0 Å². The maximum atomic E-state index is 13.8. The fourth-order valence-corrected chi connectivity index (χ4v) is 2.70. The van der Waals surface area contributed by atoms with E-state index in [9.17, 15) is 22.4 Å². The molecule has 0 saturated heterocycles. The van der Waals surface area contributed by atoms with Gasteiger partial charge < -0.3 is 0 Å². The van der Waals surface area contributed by atoms with Crippen LogP contribution < -0.4 is 15.6 Å². The third-order valence-electron chi connectivity index (χ3n) is 3.16. The van der Waals surface area contributed by atoms with Crippen LogP contribution in [0.4, 0.5) is 4.39 Å². The van der Waals surface area contributed by atoms with Crippen molar-refractivity contribution in [3.63, 3.8) is 0 Å². The molecule has 2 aromatic carbocycles. The molecule has 25 heavy (non-hydrogen) atoms. The van der Waals surface area contributed by atoms with E-state index in [0.717, 1.165) is 18.2 Å². The third kappa shape index (κ3) is 4.53. The summed E-state index contributed by atoms with van der Waals surface area (Å²) in [4.78, 5) is 23.6. The van der Waals surface area contributed by atoms with Crippen LogP contribution in [-0.4, -0.2) is 27.3 Å². The number of amides is 2. The maximum absolute atomic E-state index is 13.8. The van der Waals surface area contributed by atoms with Crippen molar-refractivity contribution in [2.75, 3.05) is 7.05 Å². The number of halogens is 2. The summed E-state index contributed by atoms with van der Waals surface area (Å²) in [6.07, 6.45) is 0. The van der Waals surface area contributed by atoms with Gasteiger partial charge in [0.05, 0.1) is 10.5 Å². The number of carbonyl (C=O) groups excluding carboxylic acids is 2. The van der Waals surface area contributed by atoms with Gasteiger partial charge in [0.15, 0.2) is 0 Å². The Labute approximate surface area is 148 Å². The Hall–Kier alpha value is -2.49. The molecule has 0 aliphatic heterocycles. The summed E-state index contributed by atoms with van der Waals surface area (Å²) in [6.45, 7) is 0. The van der Waals surface area contributed by atoms with Gasteiger partial charge in [0.2, 0.25) is 10.0 Å². The third-order valence-corrected chi connectivity index (χ3v) is 4.82. The van der Waals surface area contributed by atoms with Crippen LogP contribution in [0.25, 0.3) is 0 Å².